The maximum absolute atomic E-state index is 5.65. The van der Waals surface area contributed by atoms with Crippen LogP contribution in [0, 0.1) is 0 Å². The third-order valence-electron chi connectivity index (χ3n) is 3.10. The molecule has 4 nitrogen and oxygen atoms in total. The van der Waals surface area contributed by atoms with Gasteiger partial charge in [0.1, 0.15) is 23.9 Å². The minimum atomic E-state index is 0. The first-order chi connectivity index (χ1) is 10.9. The predicted molar refractivity (Wildman–Crippen MR) is 95.2 cm³/mol. The highest BCUT2D eigenvalue weighted by atomic mass is 35.5. The van der Waals surface area contributed by atoms with Gasteiger partial charge in [-0.3, -0.25) is 0 Å². The van der Waals surface area contributed by atoms with Gasteiger partial charge in [-0.1, -0.05) is 24.3 Å². The molecule has 0 atom stereocenters. The van der Waals surface area contributed by atoms with Crippen molar-refractivity contribution in [3.8, 4) is 17.2 Å². The Morgan fingerprint density at radius 2 is 1.48 bits per heavy atom. The van der Waals surface area contributed by atoms with Crippen molar-refractivity contribution >= 4 is 12.4 Å². The Bertz CT molecular complexity index is 537. The van der Waals surface area contributed by atoms with Gasteiger partial charge in [-0.05, 0) is 37.2 Å². The average molecular weight is 338 g/mol. The average Bonchev–Trinajstić information content (AvgIpc) is 2.58. The minimum Gasteiger partial charge on any atom is -0.497 e. The van der Waals surface area contributed by atoms with Crippen LogP contribution in [0.4, 0.5) is 0 Å². The third-order valence-corrected chi connectivity index (χ3v) is 3.10. The number of halogens is 1. The molecule has 0 fully saturated rings. The summed E-state index contributed by atoms with van der Waals surface area (Å²) in [5.41, 5.74) is 0. The van der Waals surface area contributed by atoms with Crippen molar-refractivity contribution in [2.24, 2.45) is 0 Å². The van der Waals surface area contributed by atoms with Gasteiger partial charge >= 0.3 is 0 Å². The van der Waals surface area contributed by atoms with Crippen LogP contribution in [-0.2, 0) is 0 Å². The van der Waals surface area contributed by atoms with E-state index >= 15 is 0 Å². The lowest BCUT2D eigenvalue weighted by molar-refractivity contribution is 0.293. The number of rotatable bonds is 10. The minimum absolute atomic E-state index is 0. The molecule has 126 valence electrons. The van der Waals surface area contributed by atoms with E-state index in [4.69, 9.17) is 14.2 Å². The molecule has 0 spiro atoms. The standard InChI is InChI=1S/C18H23NO3.ClH/c1-20-17-9-5-10-18(15-17)22-14-12-19-11-6-13-21-16-7-3-2-4-8-16;/h2-5,7-10,15,19H,6,11-14H2,1H3;1H. The highest BCUT2D eigenvalue weighted by Gasteiger charge is 1.96. The Labute approximate surface area is 144 Å². The van der Waals surface area contributed by atoms with E-state index in [9.17, 15) is 0 Å². The molecule has 0 aliphatic heterocycles. The second kappa shape index (κ2) is 11.6. The molecule has 2 rings (SSSR count). The first-order valence-electron chi connectivity index (χ1n) is 7.54. The lowest BCUT2D eigenvalue weighted by atomic mass is 10.3. The van der Waals surface area contributed by atoms with Crippen molar-refractivity contribution in [3.05, 3.63) is 54.6 Å². The summed E-state index contributed by atoms with van der Waals surface area (Å²) in [5.74, 6) is 2.56. The highest BCUT2D eigenvalue weighted by Crippen LogP contribution is 2.18. The van der Waals surface area contributed by atoms with Gasteiger partial charge in [0.2, 0.25) is 0 Å². The molecular weight excluding hydrogens is 314 g/mol. The number of benzene rings is 2. The van der Waals surface area contributed by atoms with E-state index in [1.807, 2.05) is 54.6 Å². The fourth-order valence-electron chi connectivity index (χ4n) is 1.96. The number of methoxy groups -OCH3 is 1. The molecule has 0 amide bonds. The van der Waals surface area contributed by atoms with E-state index < -0.39 is 0 Å². The first kappa shape index (κ1) is 19.1. The van der Waals surface area contributed by atoms with Crippen LogP contribution in [0.5, 0.6) is 17.2 Å². The maximum atomic E-state index is 5.65. The Morgan fingerprint density at radius 1 is 0.783 bits per heavy atom. The molecule has 0 saturated heterocycles. The lowest BCUT2D eigenvalue weighted by Gasteiger charge is -2.09. The van der Waals surface area contributed by atoms with Crippen LogP contribution in [0.3, 0.4) is 0 Å². The Kier molecular flexibility index (Phi) is 9.68. The smallest absolute Gasteiger partial charge is 0.123 e. The number of hydrogen-bond donors (Lipinski definition) is 1. The van der Waals surface area contributed by atoms with Crippen molar-refractivity contribution in [1.29, 1.82) is 0 Å². The van der Waals surface area contributed by atoms with E-state index in [0.29, 0.717) is 13.2 Å². The molecular formula is C18H24ClNO3. The van der Waals surface area contributed by atoms with Crippen molar-refractivity contribution < 1.29 is 14.2 Å². The molecule has 0 aliphatic carbocycles. The van der Waals surface area contributed by atoms with Gasteiger partial charge in [0, 0.05) is 12.6 Å². The van der Waals surface area contributed by atoms with Gasteiger partial charge in [0.05, 0.1) is 13.7 Å². The Balaban J connectivity index is 0.00000264. The van der Waals surface area contributed by atoms with E-state index in [1.54, 1.807) is 7.11 Å². The molecule has 0 saturated carbocycles. The Morgan fingerprint density at radius 3 is 2.26 bits per heavy atom. The van der Waals surface area contributed by atoms with E-state index in [-0.39, 0.29) is 12.4 Å². The maximum Gasteiger partial charge on any atom is 0.123 e. The molecule has 0 aromatic heterocycles. The highest BCUT2D eigenvalue weighted by molar-refractivity contribution is 5.85. The van der Waals surface area contributed by atoms with E-state index in [1.165, 1.54) is 0 Å². The van der Waals surface area contributed by atoms with Gasteiger partial charge in [0.15, 0.2) is 0 Å². The van der Waals surface area contributed by atoms with Crippen LogP contribution in [0.2, 0.25) is 0 Å². The molecule has 0 bridgehead atoms. The monoisotopic (exact) mass is 337 g/mol. The molecule has 0 radical (unpaired) electrons. The largest absolute Gasteiger partial charge is 0.497 e. The quantitative estimate of drug-likeness (QED) is 0.673. The zero-order valence-electron chi connectivity index (χ0n) is 13.4. The molecule has 2 aromatic carbocycles. The topological polar surface area (TPSA) is 39.7 Å². The summed E-state index contributed by atoms with van der Waals surface area (Å²) in [6.45, 7) is 3.07. The zero-order valence-corrected chi connectivity index (χ0v) is 14.2. The Hall–Kier alpha value is -1.91. The van der Waals surface area contributed by atoms with Gasteiger partial charge in [-0.25, -0.2) is 0 Å². The third kappa shape index (κ3) is 7.77. The van der Waals surface area contributed by atoms with Gasteiger partial charge in [-0.2, -0.15) is 0 Å². The fourth-order valence-corrected chi connectivity index (χ4v) is 1.96. The van der Waals surface area contributed by atoms with E-state index in [2.05, 4.69) is 5.32 Å². The summed E-state index contributed by atoms with van der Waals surface area (Å²) < 4.78 is 16.4. The van der Waals surface area contributed by atoms with Crippen molar-refractivity contribution in [2.45, 2.75) is 6.42 Å². The molecule has 23 heavy (non-hydrogen) atoms. The summed E-state index contributed by atoms with van der Waals surface area (Å²) in [6.07, 6.45) is 0.966. The lowest BCUT2D eigenvalue weighted by Crippen LogP contribution is -2.23. The molecule has 2 aromatic rings. The SMILES string of the molecule is COc1cccc(OCCNCCCOc2ccccc2)c1.Cl. The van der Waals surface area contributed by atoms with Crippen molar-refractivity contribution in [2.75, 3.05) is 33.4 Å². The summed E-state index contributed by atoms with van der Waals surface area (Å²) >= 11 is 0. The predicted octanol–water partition coefficient (Wildman–Crippen LogP) is 3.55. The molecule has 0 aliphatic rings. The second-order valence-electron chi connectivity index (χ2n) is 4.79. The van der Waals surface area contributed by atoms with Crippen LogP contribution in [0.1, 0.15) is 6.42 Å². The number of ether oxygens (including phenoxy) is 3. The number of hydrogen-bond acceptors (Lipinski definition) is 4. The van der Waals surface area contributed by atoms with Crippen LogP contribution in [0.25, 0.3) is 0 Å². The molecule has 1 N–H and O–H groups in total. The van der Waals surface area contributed by atoms with E-state index in [0.717, 1.165) is 36.8 Å². The number of nitrogens with one attached hydrogen (secondary N) is 1. The van der Waals surface area contributed by atoms with Crippen molar-refractivity contribution in [1.82, 2.24) is 5.32 Å². The van der Waals surface area contributed by atoms with Gasteiger partial charge < -0.3 is 19.5 Å². The zero-order chi connectivity index (χ0) is 15.5. The summed E-state index contributed by atoms with van der Waals surface area (Å²) in [7, 11) is 1.65. The second-order valence-corrected chi connectivity index (χ2v) is 4.79. The molecule has 0 heterocycles. The summed E-state index contributed by atoms with van der Waals surface area (Å²) in [6, 6.07) is 17.5. The van der Waals surface area contributed by atoms with Crippen molar-refractivity contribution in [3.63, 3.8) is 0 Å². The summed E-state index contributed by atoms with van der Waals surface area (Å²) in [4.78, 5) is 0. The van der Waals surface area contributed by atoms with Gasteiger partial charge in [-0.15, -0.1) is 12.4 Å². The molecule has 5 heteroatoms. The normalized spacial score (nSPS) is 9.78. The van der Waals surface area contributed by atoms with Crippen LogP contribution < -0.4 is 19.5 Å². The van der Waals surface area contributed by atoms with Crippen LogP contribution in [0.15, 0.2) is 54.6 Å². The fraction of sp³-hybridized carbons (Fsp3) is 0.333. The van der Waals surface area contributed by atoms with Crippen LogP contribution >= 0.6 is 12.4 Å². The van der Waals surface area contributed by atoms with Gasteiger partial charge in [0.25, 0.3) is 0 Å². The first-order valence-corrected chi connectivity index (χ1v) is 7.54. The van der Waals surface area contributed by atoms with Crippen LogP contribution in [-0.4, -0.2) is 33.4 Å². The summed E-state index contributed by atoms with van der Waals surface area (Å²) in [5, 5.41) is 3.33. The molecule has 0 unspecified atom stereocenters. The number of para-hydroxylation sites is 1.